The maximum Gasteiger partial charge on any atom is 0.106 e. The van der Waals surface area contributed by atoms with Crippen molar-refractivity contribution in [3.63, 3.8) is 0 Å². The van der Waals surface area contributed by atoms with Gasteiger partial charge in [0.2, 0.25) is 0 Å². The molecule has 0 fully saturated rings. The van der Waals surface area contributed by atoms with Crippen molar-refractivity contribution < 1.29 is 4.39 Å². The predicted molar refractivity (Wildman–Crippen MR) is 42.9 cm³/mol. The molecule has 10 heavy (non-hydrogen) atoms. The van der Waals surface area contributed by atoms with Gasteiger partial charge >= 0.3 is 0 Å². The Bertz CT molecular complexity index is 85.7. The van der Waals surface area contributed by atoms with Crippen LogP contribution in [0.3, 0.4) is 0 Å². The summed E-state index contributed by atoms with van der Waals surface area (Å²) in [6.45, 7) is 6.53. The van der Waals surface area contributed by atoms with Gasteiger partial charge in [0.15, 0.2) is 0 Å². The monoisotopic (exact) mass is 147 g/mol. The topological polar surface area (TPSA) is 12.0 Å². The van der Waals surface area contributed by atoms with Crippen LogP contribution in [0.5, 0.6) is 0 Å². The molecule has 0 amide bonds. The van der Waals surface area contributed by atoms with Gasteiger partial charge in [-0.05, 0) is 25.4 Å². The molecule has 0 aromatic rings. The molecule has 2 heteroatoms. The molecule has 1 atom stereocenters. The molecule has 0 aromatic carbocycles. The number of alkyl halides is 1. The van der Waals surface area contributed by atoms with Crippen molar-refractivity contribution in [2.24, 2.45) is 5.41 Å². The van der Waals surface area contributed by atoms with Crippen LogP contribution in [0.2, 0.25) is 0 Å². The molecule has 0 bridgehead atoms. The molecule has 0 aliphatic heterocycles. The van der Waals surface area contributed by atoms with Crippen LogP contribution in [0.1, 0.15) is 27.2 Å². The van der Waals surface area contributed by atoms with Gasteiger partial charge in [-0.25, -0.2) is 4.39 Å². The second-order valence-electron chi connectivity index (χ2n) is 3.73. The van der Waals surface area contributed by atoms with Crippen molar-refractivity contribution in [1.29, 1.82) is 0 Å². The van der Waals surface area contributed by atoms with Crippen LogP contribution in [0, 0.1) is 5.41 Å². The van der Waals surface area contributed by atoms with Crippen LogP contribution in [-0.2, 0) is 0 Å². The molecule has 0 saturated heterocycles. The van der Waals surface area contributed by atoms with E-state index in [2.05, 4.69) is 5.32 Å². The minimum Gasteiger partial charge on any atom is -0.320 e. The highest BCUT2D eigenvalue weighted by molar-refractivity contribution is 4.73. The van der Waals surface area contributed by atoms with Crippen LogP contribution < -0.4 is 5.32 Å². The van der Waals surface area contributed by atoms with Crippen molar-refractivity contribution in [3.8, 4) is 0 Å². The Labute approximate surface area is 63.0 Å². The van der Waals surface area contributed by atoms with Gasteiger partial charge in [0.1, 0.15) is 6.17 Å². The maximum absolute atomic E-state index is 13.1. The van der Waals surface area contributed by atoms with E-state index in [1.165, 1.54) is 0 Å². The van der Waals surface area contributed by atoms with E-state index in [0.29, 0.717) is 6.42 Å². The Morgan fingerprint density at radius 3 is 2.20 bits per heavy atom. The first-order valence-corrected chi connectivity index (χ1v) is 3.77. The van der Waals surface area contributed by atoms with Crippen molar-refractivity contribution in [2.75, 3.05) is 13.6 Å². The smallest absolute Gasteiger partial charge is 0.106 e. The number of rotatable bonds is 3. The highest BCUT2D eigenvalue weighted by atomic mass is 19.1. The van der Waals surface area contributed by atoms with Crippen molar-refractivity contribution >= 4 is 0 Å². The zero-order chi connectivity index (χ0) is 8.20. The highest BCUT2D eigenvalue weighted by Gasteiger charge is 2.22. The Kier molecular flexibility index (Phi) is 3.87. The first-order valence-electron chi connectivity index (χ1n) is 3.77. The molecule has 0 spiro atoms. The SMILES string of the molecule is CNCCC(F)C(C)(C)C. The molecule has 1 N–H and O–H groups in total. The molecule has 0 saturated carbocycles. The lowest BCUT2D eigenvalue weighted by molar-refractivity contribution is 0.152. The van der Waals surface area contributed by atoms with Crippen LogP contribution in [-0.4, -0.2) is 19.8 Å². The third kappa shape index (κ3) is 3.83. The van der Waals surface area contributed by atoms with E-state index in [0.717, 1.165) is 6.54 Å². The van der Waals surface area contributed by atoms with E-state index in [1.54, 1.807) is 0 Å². The Morgan fingerprint density at radius 2 is 1.90 bits per heavy atom. The summed E-state index contributed by atoms with van der Waals surface area (Å²) in [6.07, 6.45) is -0.0834. The normalized spacial score (nSPS) is 15.3. The summed E-state index contributed by atoms with van der Waals surface area (Å²) in [5, 5.41) is 2.93. The molecule has 0 radical (unpaired) electrons. The van der Waals surface area contributed by atoms with E-state index in [9.17, 15) is 4.39 Å². The minimum atomic E-state index is -0.694. The molecule has 0 rings (SSSR count). The summed E-state index contributed by atoms with van der Waals surface area (Å²) in [5.74, 6) is 0. The van der Waals surface area contributed by atoms with Gasteiger partial charge in [0.25, 0.3) is 0 Å². The fourth-order valence-electron chi connectivity index (χ4n) is 0.704. The highest BCUT2D eigenvalue weighted by Crippen LogP contribution is 2.24. The molecule has 0 aliphatic carbocycles. The van der Waals surface area contributed by atoms with Crippen LogP contribution in [0.25, 0.3) is 0 Å². The van der Waals surface area contributed by atoms with Crippen molar-refractivity contribution in [1.82, 2.24) is 5.32 Å². The fourth-order valence-corrected chi connectivity index (χ4v) is 0.704. The zero-order valence-corrected chi connectivity index (χ0v) is 7.37. The lowest BCUT2D eigenvalue weighted by atomic mass is 9.88. The van der Waals surface area contributed by atoms with E-state index in [4.69, 9.17) is 0 Å². The average molecular weight is 147 g/mol. The maximum atomic E-state index is 13.1. The molecule has 1 nitrogen and oxygen atoms in total. The van der Waals surface area contributed by atoms with Gasteiger partial charge in [-0.3, -0.25) is 0 Å². The summed E-state index contributed by atoms with van der Waals surface area (Å²) in [6, 6.07) is 0. The molecular formula is C8H18FN. The number of nitrogens with one attached hydrogen (secondary N) is 1. The summed E-state index contributed by atoms with van der Waals surface area (Å²) in [7, 11) is 1.84. The summed E-state index contributed by atoms with van der Waals surface area (Å²) in [4.78, 5) is 0. The van der Waals surface area contributed by atoms with Crippen LogP contribution >= 0.6 is 0 Å². The first-order chi connectivity index (χ1) is 4.48. The summed E-state index contributed by atoms with van der Waals surface area (Å²) in [5.41, 5.74) is -0.198. The van der Waals surface area contributed by atoms with E-state index in [-0.39, 0.29) is 5.41 Å². The number of halogens is 1. The van der Waals surface area contributed by atoms with Gasteiger partial charge in [0.05, 0.1) is 0 Å². The fraction of sp³-hybridized carbons (Fsp3) is 1.00. The van der Waals surface area contributed by atoms with Gasteiger partial charge < -0.3 is 5.32 Å². The first kappa shape index (κ1) is 9.89. The van der Waals surface area contributed by atoms with Gasteiger partial charge in [-0.2, -0.15) is 0 Å². The molecule has 0 heterocycles. The zero-order valence-electron chi connectivity index (χ0n) is 7.37. The minimum absolute atomic E-state index is 0.198. The number of hydrogen-bond donors (Lipinski definition) is 1. The van der Waals surface area contributed by atoms with Gasteiger partial charge in [-0.15, -0.1) is 0 Å². The van der Waals surface area contributed by atoms with Gasteiger partial charge in [0, 0.05) is 0 Å². The van der Waals surface area contributed by atoms with Crippen LogP contribution in [0.4, 0.5) is 4.39 Å². The standard InChI is InChI=1S/C8H18FN/c1-8(2,3)7(9)5-6-10-4/h7,10H,5-6H2,1-4H3. The van der Waals surface area contributed by atoms with E-state index in [1.807, 2.05) is 27.8 Å². The Balaban J connectivity index is 3.52. The lowest BCUT2D eigenvalue weighted by Crippen LogP contribution is -2.25. The summed E-state index contributed by atoms with van der Waals surface area (Å²) < 4.78 is 13.1. The Morgan fingerprint density at radius 1 is 1.40 bits per heavy atom. The number of hydrogen-bond acceptors (Lipinski definition) is 1. The van der Waals surface area contributed by atoms with Crippen molar-refractivity contribution in [2.45, 2.75) is 33.4 Å². The van der Waals surface area contributed by atoms with Crippen molar-refractivity contribution in [3.05, 3.63) is 0 Å². The van der Waals surface area contributed by atoms with Crippen LogP contribution in [0.15, 0.2) is 0 Å². The second-order valence-corrected chi connectivity index (χ2v) is 3.73. The van der Waals surface area contributed by atoms with E-state index >= 15 is 0 Å². The average Bonchev–Trinajstić information content (AvgIpc) is 1.80. The molecule has 62 valence electrons. The largest absolute Gasteiger partial charge is 0.320 e. The quantitative estimate of drug-likeness (QED) is 0.643. The second kappa shape index (κ2) is 3.91. The molecule has 1 unspecified atom stereocenters. The molecular weight excluding hydrogens is 129 g/mol. The summed E-state index contributed by atoms with van der Waals surface area (Å²) >= 11 is 0. The van der Waals surface area contributed by atoms with Gasteiger partial charge in [-0.1, -0.05) is 20.8 Å². The molecule has 0 aliphatic rings. The predicted octanol–water partition coefficient (Wildman–Crippen LogP) is 1.98. The third-order valence-corrected chi connectivity index (χ3v) is 1.59. The van der Waals surface area contributed by atoms with E-state index < -0.39 is 6.17 Å². The molecule has 0 aromatic heterocycles. The lowest BCUT2D eigenvalue weighted by Gasteiger charge is -2.23. The Hall–Kier alpha value is -0.110. The third-order valence-electron chi connectivity index (χ3n) is 1.59.